The van der Waals surface area contributed by atoms with Gasteiger partial charge in [0.2, 0.25) is 0 Å². The Bertz CT molecular complexity index is 358. The highest BCUT2D eigenvalue weighted by molar-refractivity contribution is 7.39. The monoisotopic (exact) mass is 333 g/mol. The van der Waals surface area contributed by atoms with Gasteiger partial charge < -0.3 is 15.7 Å². The van der Waals surface area contributed by atoms with E-state index in [-0.39, 0.29) is 0 Å². The molecule has 4 atom stereocenters. The van der Waals surface area contributed by atoms with Crippen LogP contribution >= 0.6 is 8.03 Å². The maximum atomic E-state index is 11.8. The molecule has 0 amide bonds. The smallest absolute Gasteiger partial charge is 0.307 e. The Hall–Kier alpha value is -0.380. The van der Waals surface area contributed by atoms with E-state index in [1.165, 1.54) is 6.42 Å². The first kappa shape index (κ1) is 19.7. The lowest BCUT2D eigenvalue weighted by Crippen LogP contribution is -2.42. The van der Waals surface area contributed by atoms with Gasteiger partial charge in [-0.1, -0.05) is 58.3 Å². The molecule has 6 heteroatoms. The average Bonchev–Trinajstić information content (AvgIpc) is 2.47. The van der Waals surface area contributed by atoms with Crippen molar-refractivity contribution in [1.82, 2.24) is 0 Å². The van der Waals surface area contributed by atoms with E-state index in [0.717, 1.165) is 44.9 Å². The van der Waals surface area contributed by atoms with Gasteiger partial charge in [-0.15, -0.1) is 0 Å². The van der Waals surface area contributed by atoms with Crippen LogP contribution in [0.25, 0.3) is 0 Å². The summed E-state index contributed by atoms with van der Waals surface area (Å²) in [5, 5.41) is 9.55. The van der Waals surface area contributed by atoms with Crippen LogP contribution in [0.15, 0.2) is 0 Å². The van der Waals surface area contributed by atoms with Gasteiger partial charge in [-0.05, 0) is 18.8 Å². The fourth-order valence-corrected chi connectivity index (χ4v) is 4.80. The quantitative estimate of drug-likeness (QED) is 0.420. The normalized spacial score (nSPS) is 22.0. The van der Waals surface area contributed by atoms with Gasteiger partial charge >= 0.3 is 5.97 Å². The number of carboxylic acid groups (broad SMARTS) is 1. The highest BCUT2D eigenvalue weighted by Gasteiger charge is 2.37. The van der Waals surface area contributed by atoms with Crippen molar-refractivity contribution >= 4 is 14.0 Å². The van der Waals surface area contributed by atoms with Crippen molar-refractivity contribution < 1.29 is 19.4 Å². The Balaban J connectivity index is 2.72. The third-order valence-electron chi connectivity index (χ3n) is 4.95. The third-order valence-corrected chi connectivity index (χ3v) is 6.35. The van der Waals surface area contributed by atoms with Gasteiger partial charge in [-0.25, -0.2) is 0 Å². The molecule has 1 aliphatic rings. The van der Waals surface area contributed by atoms with Crippen molar-refractivity contribution in [2.45, 2.75) is 82.8 Å². The summed E-state index contributed by atoms with van der Waals surface area (Å²) < 4.78 is 11.8. The Morgan fingerprint density at radius 2 is 1.91 bits per heavy atom. The Morgan fingerprint density at radius 3 is 2.41 bits per heavy atom. The molecule has 0 aromatic heterocycles. The van der Waals surface area contributed by atoms with Crippen molar-refractivity contribution in [3.63, 3.8) is 0 Å². The lowest BCUT2D eigenvalue weighted by Gasteiger charge is -2.31. The van der Waals surface area contributed by atoms with Crippen molar-refractivity contribution in [2.75, 3.05) is 0 Å². The van der Waals surface area contributed by atoms with Gasteiger partial charge in [0.1, 0.15) is 0 Å². The van der Waals surface area contributed by atoms with Crippen molar-refractivity contribution in [2.24, 2.45) is 17.6 Å². The first-order valence-corrected chi connectivity index (χ1v) is 10.1. The molecule has 4 N–H and O–H groups in total. The maximum absolute atomic E-state index is 11.8. The zero-order valence-corrected chi connectivity index (χ0v) is 14.7. The lowest BCUT2D eigenvalue weighted by molar-refractivity contribution is -0.142. The van der Waals surface area contributed by atoms with E-state index in [9.17, 15) is 19.4 Å². The zero-order chi connectivity index (χ0) is 16.5. The molecule has 0 spiro atoms. The van der Waals surface area contributed by atoms with Gasteiger partial charge in [0.05, 0.1) is 11.6 Å². The molecular weight excluding hydrogens is 301 g/mol. The van der Waals surface area contributed by atoms with E-state index in [2.05, 4.69) is 6.92 Å². The molecule has 1 rings (SSSR count). The number of carbonyl (C=O) groups is 1. The minimum atomic E-state index is -2.96. The van der Waals surface area contributed by atoms with E-state index >= 15 is 0 Å². The molecule has 1 saturated carbocycles. The second kappa shape index (κ2) is 10.4. The van der Waals surface area contributed by atoms with Crippen LogP contribution in [-0.2, 0) is 9.36 Å². The molecule has 5 nitrogen and oxygen atoms in total. The maximum Gasteiger partial charge on any atom is 0.307 e. The van der Waals surface area contributed by atoms with Gasteiger partial charge in [0.25, 0.3) is 0 Å². The summed E-state index contributed by atoms with van der Waals surface area (Å²) in [5.41, 5.74) is 5.32. The number of hydrogen-bond donors (Lipinski definition) is 3. The second-order valence-corrected chi connectivity index (χ2v) is 8.05. The summed E-state index contributed by atoms with van der Waals surface area (Å²) in [7, 11) is -2.96. The molecule has 1 aliphatic carbocycles. The van der Waals surface area contributed by atoms with E-state index in [4.69, 9.17) is 5.73 Å². The fraction of sp³-hybridized carbons (Fsp3) is 0.938. The predicted octanol–water partition coefficient (Wildman–Crippen LogP) is 3.40. The summed E-state index contributed by atoms with van der Waals surface area (Å²) in [6, 6.07) is -0.493. The van der Waals surface area contributed by atoms with E-state index in [1.54, 1.807) is 0 Å². The predicted molar refractivity (Wildman–Crippen MR) is 89.4 cm³/mol. The first-order chi connectivity index (χ1) is 10.5. The highest BCUT2D eigenvalue weighted by atomic mass is 31.1. The zero-order valence-electron chi connectivity index (χ0n) is 13.7. The molecule has 0 saturated heterocycles. The number of carboxylic acids is 1. The van der Waals surface area contributed by atoms with Gasteiger partial charge in [0, 0.05) is 6.04 Å². The van der Waals surface area contributed by atoms with Gasteiger partial charge in [-0.3, -0.25) is 9.36 Å². The van der Waals surface area contributed by atoms with Crippen LogP contribution in [0.4, 0.5) is 0 Å². The molecular formula is C16H32NO4P. The Labute approximate surface area is 134 Å². The van der Waals surface area contributed by atoms with Crippen molar-refractivity contribution in [3.8, 4) is 0 Å². The van der Waals surface area contributed by atoms with Crippen LogP contribution in [-0.4, -0.2) is 27.7 Å². The Morgan fingerprint density at radius 1 is 1.27 bits per heavy atom. The summed E-state index contributed by atoms with van der Waals surface area (Å²) in [6.07, 6.45) is 9.65. The molecule has 0 radical (unpaired) electrons. The lowest BCUT2D eigenvalue weighted by atomic mass is 9.80. The van der Waals surface area contributed by atoms with Crippen LogP contribution in [0.3, 0.4) is 0 Å². The summed E-state index contributed by atoms with van der Waals surface area (Å²) in [5.74, 6) is -1.38. The second-order valence-electron chi connectivity index (χ2n) is 6.71. The van der Waals surface area contributed by atoms with Crippen molar-refractivity contribution in [1.29, 1.82) is 0 Å². The molecule has 0 aliphatic heterocycles. The average molecular weight is 333 g/mol. The van der Waals surface area contributed by atoms with E-state index in [1.807, 2.05) is 0 Å². The van der Waals surface area contributed by atoms with Crippen LogP contribution in [0.1, 0.15) is 71.1 Å². The summed E-state index contributed by atoms with van der Waals surface area (Å²) in [4.78, 5) is 21.4. The largest absolute Gasteiger partial charge is 0.481 e. The third kappa shape index (κ3) is 6.39. The van der Waals surface area contributed by atoms with Crippen LogP contribution in [0.5, 0.6) is 0 Å². The summed E-state index contributed by atoms with van der Waals surface area (Å²) >= 11 is 0. The standard InChI is InChI=1S/C16H32NO4P/c1-2-3-5-10-14(17)15(22(20)21)13(16(18)19)11-12-8-6-4-7-9-12/h12-15,22H,2-11,17H2,1H3,(H,18,19)(H,20,21). The minimum absolute atomic E-state index is 0.363. The number of aliphatic carboxylic acids is 1. The molecule has 130 valence electrons. The van der Waals surface area contributed by atoms with Gasteiger partial charge in [-0.2, -0.15) is 0 Å². The molecule has 0 aromatic rings. The number of unbranched alkanes of at least 4 members (excludes halogenated alkanes) is 2. The van der Waals surface area contributed by atoms with Crippen LogP contribution in [0.2, 0.25) is 0 Å². The number of rotatable bonds is 10. The molecule has 1 fully saturated rings. The summed E-state index contributed by atoms with van der Waals surface area (Å²) in [6.45, 7) is 2.08. The highest BCUT2D eigenvalue weighted by Crippen LogP contribution is 2.39. The molecule has 22 heavy (non-hydrogen) atoms. The molecule has 0 bridgehead atoms. The van der Waals surface area contributed by atoms with Crippen molar-refractivity contribution in [3.05, 3.63) is 0 Å². The van der Waals surface area contributed by atoms with Crippen LogP contribution in [0, 0.1) is 11.8 Å². The Kier molecular flexibility index (Phi) is 9.30. The molecule has 0 aromatic carbocycles. The van der Waals surface area contributed by atoms with E-state index in [0.29, 0.717) is 18.8 Å². The SMILES string of the molecule is CCCCCC(N)C(C(CC1CCCCC1)C(=O)O)[PH](=O)O. The van der Waals surface area contributed by atoms with Gasteiger partial charge in [0.15, 0.2) is 8.03 Å². The number of hydrogen-bond acceptors (Lipinski definition) is 3. The van der Waals surface area contributed by atoms with E-state index < -0.39 is 31.6 Å². The molecule has 4 unspecified atom stereocenters. The van der Waals surface area contributed by atoms with Crippen LogP contribution < -0.4 is 5.73 Å². The topological polar surface area (TPSA) is 101 Å². The fourth-order valence-electron chi connectivity index (χ4n) is 3.65. The minimum Gasteiger partial charge on any atom is -0.481 e. The molecule has 0 heterocycles. The number of nitrogens with two attached hydrogens (primary N) is 1. The first-order valence-electron chi connectivity index (χ1n) is 8.68.